The van der Waals surface area contributed by atoms with E-state index in [0.717, 1.165) is 32.6 Å². The number of methoxy groups -OCH3 is 2. The van der Waals surface area contributed by atoms with Gasteiger partial charge in [0.05, 0.1) is 30.9 Å². The fraction of sp³-hybridized carbons (Fsp3) is 0.208. The molecule has 0 unspecified atom stereocenters. The number of ether oxygens (including phenoxy) is 3. The summed E-state index contributed by atoms with van der Waals surface area (Å²) in [6.45, 7) is 0. The third kappa shape index (κ3) is 3.78. The number of nitro benzene ring substituents is 1. The van der Waals surface area contributed by atoms with Crippen molar-refractivity contribution in [1.29, 1.82) is 0 Å². The topological polar surface area (TPSA) is 86.4 Å². The van der Waals surface area contributed by atoms with Gasteiger partial charge in [-0.3, -0.25) is 10.1 Å². The number of hydrogen-bond acceptors (Lipinski definition) is 7. The van der Waals surface area contributed by atoms with Gasteiger partial charge in [0.25, 0.3) is 5.69 Å². The second kappa shape index (κ2) is 8.40. The predicted octanol–water partition coefficient (Wildman–Crippen LogP) is 5.62. The minimum Gasteiger partial charge on any atom is -0.493 e. The van der Waals surface area contributed by atoms with Crippen molar-refractivity contribution in [2.75, 3.05) is 14.2 Å². The van der Waals surface area contributed by atoms with Crippen LogP contribution in [0.3, 0.4) is 0 Å². The van der Waals surface area contributed by atoms with Gasteiger partial charge in [-0.05, 0) is 48.5 Å². The molecule has 8 nitrogen and oxygen atoms in total. The standard InChI is InChI=1S/C24H20BrN3O5/c1-31-22-9-5-15(11-23(22)32-2)19-13-20-18-12-16(25)6-10-21(18)33-24(27(20)26-19)14-3-7-17(8-4-14)28(29)30/h3-12,20,24H,13H2,1-2H3/t20-,24-/m0/s1. The van der Waals surface area contributed by atoms with Crippen molar-refractivity contribution in [3.05, 3.63) is 91.9 Å². The molecule has 0 N–H and O–H groups in total. The number of fused-ring (bicyclic) bond motifs is 3. The summed E-state index contributed by atoms with van der Waals surface area (Å²) in [6.07, 6.45) is 0.160. The Morgan fingerprint density at radius 1 is 1.06 bits per heavy atom. The van der Waals surface area contributed by atoms with Gasteiger partial charge in [0.2, 0.25) is 6.23 Å². The lowest BCUT2D eigenvalue weighted by atomic mass is 9.95. The van der Waals surface area contributed by atoms with Gasteiger partial charge in [-0.2, -0.15) is 5.10 Å². The highest BCUT2D eigenvalue weighted by Gasteiger charge is 2.41. The molecule has 168 valence electrons. The zero-order valence-electron chi connectivity index (χ0n) is 17.9. The summed E-state index contributed by atoms with van der Waals surface area (Å²) < 4.78 is 18.1. The van der Waals surface area contributed by atoms with Gasteiger partial charge in [0.1, 0.15) is 5.75 Å². The maximum absolute atomic E-state index is 11.1. The normalized spacial score (nSPS) is 18.6. The Bertz CT molecular complexity index is 1260. The van der Waals surface area contributed by atoms with Crippen molar-refractivity contribution in [2.24, 2.45) is 5.10 Å². The third-order valence-electron chi connectivity index (χ3n) is 5.86. The molecule has 0 aromatic heterocycles. The molecule has 3 aromatic carbocycles. The van der Waals surface area contributed by atoms with Crippen LogP contribution in [0.1, 0.15) is 35.4 Å². The monoisotopic (exact) mass is 509 g/mol. The number of benzene rings is 3. The van der Waals surface area contributed by atoms with Crippen LogP contribution in [0.15, 0.2) is 70.2 Å². The van der Waals surface area contributed by atoms with Gasteiger partial charge >= 0.3 is 0 Å². The predicted molar refractivity (Wildman–Crippen MR) is 126 cm³/mol. The fourth-order valence-corrected chi connectivity index (χ4v) is 4.61. The van der Waals surface area contributed by atoms with E-state index in [1.807, 2.05) is 41.4 Å². The van der Waals surface area contributed by atoms with Gasteiger partial charge in [-0.15, -0.1) is 0 Å². The minimum absolute atomic E-state index is 0.0337. The lowest BCUT2D eigenvalue weighted by molar-refractivity contribution is -0.384. The highest BCUT2D eigenvalue weighted by atomic mass is 79.9. The number of nitro groups is 1. The van der Waals surface area contributed by atoms with Crippen LogP contribution in [-0.2, 0) is 0 Å². The highest BCUT2D eigenvalue weighted by Crippen LogP contribution is 2.48. The van der Waals surface area contributed by atoms with Gasteiger partial charge in [0.15, 0.2) is 11.5 Å². The first-order valence-electron chi connectivity index (χ1n) is 10.3. The number of halogens is 1. The third-order valence-corrected chi connectivity index (χ3v) is 6.35. The lowest BCUT2D eigenvalue weighted by Gasteiger charge is -2.38. The molecule has 0 saturated heterocycles. The summed E-state index contributed by atoms with van der Waals surface area (Å²) in [7, 11) is 3.21. The molecule has 9 heteroatoms. The molecule has 2 aliphatic rings. The van der Waals surface area contributed by atoms with Crippen molar-refractivity contribution in [3.63, 3.8) is 0 Å². The smallest absolute Gasteiger partial charge is 0.269 e. The minimum atomic E-state index is -0.512. The zero-order valence-corrected chi connectivity index (χ0v) is 19.5. The number of hydrogen-bond donors (Lipinski definition) is 0. The first-order chi connectivity index (χ1) is 16.0. The summed E-state index contributed by atoms with van der Waals surface area (Å²) in [5, 5.41) is 17.9. The molecule has 3 aromatic rings. The van der Waals surface area contributed by atoms with E-state index in [4.69, 9.17) is 19.3 Å². The van der Waals surface area contributed by atoms with Crippen LogP contribution in [0.25, 0.3) is 0 Å². The van der Waals surface area contributed by atoms with E-state index in [9.17, 15) is 10.1 Å². The average Bonchev–Trinajstić information content (AvgIpc) is 3.29. The van der Waals surface area contributed by atoms with Gasteiger partial charge < -0.3 is 14.2 Å². The van der Waals surface area contributed by atoms with Crippen LogP contribution in [0.5, 0.6) is 17.2 Å². The largest absolute Gasteiger partial charge is 0.493 e. The molecule has 5 rings (SSSR count). The number of nitrogens with zero attached hydrogens (tertiary/aromatic N) is 3. The zero-order chi connectivity index (χ0) is 23.1. The van der Waals surface area contributed by atoms with Crippen molar-refractivity contribution in [2.45, 2.75) is 18.7 Å². The molecule has 0 radical (unpaired) electrons. The van der Waals surface area contributed by atoms with E-state index in [1.165, 1.54) is 12.1 Å². The molecule has 0 fully saturated rings. The second-order valence-corrected chi connectivity index (χ2v) is 8.63. The Morgan fingerprint density at radius 2 is 1.82 bits per heavy atom. The van der Waals surface area contributed by atoms with Crippen LogP contribution in [0.2, 0.25) is 0 Å². The van der Waals surface area contributed by atoms with E-state index in [1.54, 1.807) is 26.4 Å². The highest BCUT2D eigenvalue weighted by molar-refractivity contribution is 9.10. The first kappa shape index (κ1) is 21.3. The van der Waals surface area contributed by atoms with Crippen molar-refractivity contribution >= 4 is 27.3 Å². The van der Waals surface area contributed by atoms with Crippen LogP contribution < -0.4 is 14.2 Å². The fourth-order valence-electron chi connectivity index (χ4n) is 4.23. The molecule has 0 bridgehead atoms. The Balaban J connectivity index is 1.57. The number of hydrazone groups is 1. The summed E-state index contributed by atoms with van der Waals surface area (Å²) in [5.74, 6) is 2.05. The number of non-ortho nitro benzene ring substituents is 1. The SMILES string of the molecule is COc1ccc(C2=NN3[C@@H](C2)c2cc(Br)ccc2O[C@H]3c2ccc([N+](=O)[O-])cc2)cc1OC. The Labute approximate surface area is 198 Å². The maximum atomic E-state index is 11.1. The Morgan fingerprint density at radius 3 is 2.52 bits per heavy atom. The molecule has 2 aliphatic heterocycles. The van der Waals surface area contributed by atoms with E-state index in [2.05, 4.69) is 15.9 Å². The van der Waals surface area contributed by atoms with Gasteiger partial charge in [-0.25, -0.2) is 5.01 Å². The van der Waals surface area contributed by atoms with Crippen LogP contribution in [-0.4, -0.2) is 29.9 Å². The van der Waals surface area contributed by atoms with Crippen molar-refractivity contribution < 1.29 is 19.1 Å². The first-order valence-corrected chi connectivity index (χ1v) is 11.1. The van der Waals surface area contributed by atoms with E-state index in [-0.39, 0.29) is 11.7 Å². The second-order valence-electron chi connectivity index (χ2n) is 7.72. The van der Waals surface area contributed by atoms with Crippen LogP contribution in [0, 0.1) is 10.1 Å². The summed E-state index contributed by atoms with van der Waals surface area (Å²) >= 11 is 3.56. The molecule has 2 atom stereocenters. The van der Waals surface area contributed by atoms with Gasteiger partial charge in [0, 0.05) is 39.7 Å². The molecule has 0 amide bonds. The molecule has 2 heterocycles. The summed E-state index contributed by atoms with van der Waals surface area (Å²) in [4.78, 5) is 10.7. The van der Waals surface area contributed by atoms with Crippen LogP contribution >= 0.6 is 15.9 Å². The van der Waals surface area contributed by atoms with E-state index in [0.29, 0.717) is 17.9 Å². The van der Waals surface area contributed by atoms with Crippen LogP contribution in [0.4, 0.5) is 5.69 Å². The molecular weight excluding hydrogens is 490 g/mol. The van der Waals surface area contributed by atoms with E-state index >= 15 is 0 Å². The quantitative estimate of drug-likeness (QED) is 0.327. The summed E-state index contributed by atoms with van der Waals surface area (Å²) in [6, 6.07) is 18.0. The lowest BCUT2D eigenvalue weighted by Crippen LogP contribution is -2.33. The Hall–Kier alpha value is -3.59. The molecule has 33 heavy (non-hydrogen) atoms. The molecule has 0 aliphatic carbocycles. The molecule has 0 saturated carbocycles. The molecule has 0 spiro atoms. The number of rotatable bonds is 5. The van der Waals surface area contributed by atoms with Crippen molar-refractivity contribution in [1.82, 2.24) is 5.01 Å². The van der Waals surface area contributed by atoms with Crippen molar-refractivity contribution in [3.8, 4) is 17.2 Å². The average molecular weight is 510 g/mol. The summed E-state index contributed by atoms with van der Waals surface area (Å²) in [5.41, 5.74) is 3.68. The maximum Gasteiger partial charge on any atom is 0.269 e. The van der Waals surface area contributed by atoms with E-state index < -0.39 is 11.2 Å². The van der Waals surface area contributed by atoms with Gasteiger partial charge in [-0.1, -0.05) is 15.9 Å². The Kier molecular flexibility index (Phi) is 5.41. The molecular formula is C24H20BrN3O5.